The molecule has 0 bridgehead atoms. The van der Waals surface area contributed by atoms with Gasteiger partial charge in [-0.15, -0.1) is 0 Å². The molecule has 1 fully saturated rings. The third-order valence-electron chi connectivity index (χ3n) is 4.57. The van der Waals surface area contributed by atoms with Crippen molar-refractivity contribution in [3.63, 3.8) is 0 Å². The van der Waals surface area contributed by atoms with Gasteiger partial charge >= 0.3 is 6.03 Å². The zero-order valence-corrected chi connectivity index (χ0v) is 17.1. The number of carbonyl (C=O) groups is 2. The van der Waals surface area contributed by atoms with E-state index in [4.69, 9.17) is 10.2 Å². The van der Waals surface area contributed by atoms with Crippen LogP contribution in [0, 0.1) is 5.92 Å². The summed E-state index contributed by atoms with van der Waals surface area (Å²) >= 11 is 1.36. The van der Waals surface area contributed by atoms with Gasteiger partial charge in [-0.25, -0.2) is 14.8 Å². The second-order valence-electron chi connectivity index (χ2n) is 7.81. The van der Waals surface area contributed by atoms with Gasteiger partial charge in [0.25, 0.3) is 0 Å². The van der Waals surface area contributed by atoms with Crippen LogP contribution in [0.2, 0.25) is 0 Å². The van der Waals surface area contributed by atoms with Gasteiger partial charge in [0.1, 0.15) is 5.76 Å². The fourth-order valence-corrected chi connectivity index (χ4v) is 3.53. The third-order valence-corrected chi connectivity index (χ3v) is 5.45. The van der Waals surface area contributed by atoms with E-state index in [2.05, 4.69) is 36.1 Å². The van der Waals surface area contributed by atoms with Crippen LogP contribution >= 0.6 is 11.3 Å². The van der Waals surface area contributed by atoms with E-state index in [-0.39, 0.29) is 23.3 Å². The Morgan fingerprint density at radius 3 is 2.57 bits per heavy atom. The zero-order valence-electron chi connectivity index (χ0n) is 16.3. The molecule has 0 spiro atoms. The number of amides is 3. The molecule has 2 aromatic heterocycles. The lowest BCUT2D eigenvalue weighted by atomic mass is 9.94. The van der Waals surface area contributed by atoms with Crippen molar-refractivity contribution in [2.45, 2.75) is 39.0 Å². The first-order valence-electron chi connectivity index (χ1n) is 9.18. The van der Waals surface area contributed by atoms with Gasteiger partial charge in [-0.1, -0.05) is 32.1 Å². The number of carbonyl (C=O) groups excluding carboxylic acids is 2. The van der Waals surface area contributed by atoms with Gasteiger partial charge < -0.3 is 15.1 Å². The Bertz CT molecular complexity index is 872. The summed E-state index contributed by atoms with van der Waals surface area (Å²) in [5, 5.41) is 3.32. The summed E-state index contributed by atoms with van der Waals surface area (Å²) in [5.74, 6) is 0.914. The number of primary amides is 1. The minimum atomic E-state index is -0.294. The molecule has 150 valence electrons. The Hall–Kier alpha value is -2.68. The molecule has 8 nitrogen and oxygen atoms in total. The Labute approximate surface area is 167 Å². The molecule has 0 aliphatic carbocycles. The Balaban J connectivity index is 1.55. The molecule has 3 heterocycles. The molecule has 0 saturated carbocycles. The van der Waals surface area contributed by atoms with Crippen molar-refractivity contribution in [3.8, 4) is 0 Å². The predicted molar refractivity (Wildman–Crippen MR) is 109 cm³/mol. The van der Waals surface area contributed by atoms with Gasteiger partial charge in [0.15, 0.2) is 5.13 Å². The van der Waals surface area contributed by atoms with Crippen LogP contribution in [-0.4, -0.2) is 39.9 Å². The minimum absolute atomic E-state index is 0.0903. The molecule has 0 atom stereocenters. The molecule has 9 heteroatoms. The maximum Gasteiger partial charge on any atom is 0.323 e. The maximum atomic E-state index is 12.4. The van der Waals surface area contributed by atoms with E-state index in [0.29, 0.717) is 37.0 Å². The van der Waals surface area contributed by atoms with Crippen molar-refractivity contribution >= 4 is 40.6 Å². The van der Waals surface area contributed by atoms with Gasteiger partial charge in [-0.2, -0.15) is 0 Å². The molecule has 0 aromatic carbocycles. The lowest BCUT2D eigenvalue weighted by Crippen LogP contribution is -2.43. The number of piperidine rings is 1. The van der Waals surface area contributed by atoms with Crippen molar-refractivity contribution < 1.29 is 14.0 Å². The topological polar surface area (TPSA) is 114 Å². The molecule has 1 aliphatic heterocycles. The number of oxazole rings is 1. The maximum absolute atomic E-state index is 12.4. The fourth-order valence-electron chi connectivity index (χ4n) is 2.82. The summed E-state index contributed by atoms with van der Waals surface area (Å²) in [5.41, 5.74) is 5.23. The molecule has 3 N–H and O–H groups in total. The normalized spacial score (nSPS) is 15.9. The Morgan fingerprint density at radius 2 is 1.96 bits per heavy atom. The van der Waals surface area contributed by atoms with Crippen LogP contribution in [0.3, 0.4) is 0 Å². The Kier molecular flexibility index (Phi) is 5.83. The number of thiazole rings is 1. The molecule has 28 heavy (non-hydrogen) atoms. The average Bonchev–Trinajstić information content (AvgIpc) is 3.29. The SMILES string of the molecule is CC(C)(C)c1cnc(C=Cc2cnc(NC(=O)N3CCC(C(N)=O)CC3)s2)o1. The van der Waals surface area contributed by atoms with E-state index in [0.717, 1.165) is 10.6 Å². The number of urea groups is 1. The second kappa shape index (κ2) is 8.14. The molecule has 3 rings (SSSR count). The highest BCUT2D eigenvalue weighted by Gasteiger charge is 2.26. The summed E-state index contributed by atoms with van der Waals surface area (Å²) in [6.45, 7) is 7.22. The quantitative estimate of drug-likeness (QED) is 0.813. The summed E-state index contributed by atoms with van der Waals surface area (Å²) in [6, 6.07) is -0.213. The zero-order chi connectivity index (χ0) is 20.3. The number of nitrogens with zero attached hydrogens (tertiary/aromatic N) is 3. The van der Waals surface area contributed by atoms with Gasteiger partial charge in [0, 0.05) is 41.6 Å². The van der Waals surface area contributed by atoms with Gasteiger partial charge in [0.05, 0.1) is 6.20 Å². The predicted octanol–water partition coefficient (Wildman–Crippen LogP) is 3.33. The van der Waals surface area contributed by atoms with E-state index in [1.165, 1.54) is 11.3 Å². The van der Waals surface area contributed by atoms with E-state index in [1.54, 1.807) is 23.4 Å². The summed E-state index contributed by atoms with van der Waals surface area (Å²) in [6.07, 6.45) is 8.25. The third kappa shape index (κ3) is 4.98. The van der Waals surface area contributed by atoms with Crippen molar-refractivity contribution in [1.29, 1.82) is 0 Å². The fraction of sp³-hybridized carbons (Fsp3) is 0.474. The number of aromatic nitrogens is 2. The van der Waals surface area contributed by atoms with E-state index >= 15 is 0 Å². The van der Waals surface area contributed by atoms with Crippen molar-refractivity contribution in [2.24, 2.45) is 11.7 Å². The number of nitrogens with two attached hydrogens (primary N) is 1. The highest BCUT2D eigenvalue weighted by atomic mass is 32.1. The van der Waals surface area contributed by atoms with E-state index in [1.807, 2.05) is 6.08 Å². The van der Waals surface area contributed by atoms with Crippen molar-refractivity contribution in [2.75, 3.05) is 18.4 Å². The van der Waals surface area contributed by atoms with Crippen LogP contribution in [0.5, 0.6) is 0 Å². The number of likely N-dealkylation sites (tertiary alicyclic amines) is 1. The highest BCUT2D eigenvalue weighted by molar-refractivity contribution is 7.16. The second-order valence-corrected chi connectivity index (χ2v) is 8.87. The molecular formula is C19H25N5O3S. The van der Waals surface area contributed by atoms with Crippen LogP contribution in [0.1, 0.15) is 50.1 Å². The monoisotopic (exact) mass is 403 g/mol. The van der Waals surface area contributed by atoms with Crippen LogP contribution in [0.15, 0.2) is 16.8 Å². The van der Waals surface area contributed by atoms with Crippen molar-refractivity contribution in [3.05, 3.63) is 28.9 Å². The van der Waals surface area contributed by atoms with Gasteiger partial charge in [-0.3, -0.25) is 10.1 Å². The largest absolute Gasteiger partial charge is 0.441 e. The standard InChI is InChI=1S/C19H25N5O3S/c1-19(2,3)14-11-21-15(27-14)5-4-13-10-22-17(28-13)23-18(26)24-8-6-12(7-9-24)16(20)25/h4-5,10-12H,6-9H2,1-3H3,(H2,20,25)(H,22,23,26). The summed E-state index contributed by atoms with van der Waals surface area (Å²) < 4.78 is 5.72. The number of nitrogens with one attached hydrogen (secondary N) is 1. The molecule has 3 amide bonds. The van der Waals surface area contributed by atoms with E-state index in [9.17, 15) is 9.59 Å². The summed E-state index contributed by atoms with van der Waals surface area (Å²) in [4.78, 5) is 34.6. The highest BCUT2D eigenvalue weighted by Crippen LogP contribution is 2.25. The molecule has 1 aliphatic rings. The van der Waals surface area contributed by atoms with Crippen LogP contribution in [-0.2, 0) is 10.2 Å². The molecule has 0 radical (unpaired) electrons. The number of rotatable bonds is 4. The van der Waals surface area contributed by atoms with Gasteiger partial charge in [-0.05, 0) is 18.9 Å². The van der Waals surface area contributed by atoms with Gasteiger partial charge in [0.2, 0.25) is 11.8 Å². The smallest absolute Gasteiger partial charge is 0.323 e. The first-order valence-corrected chi connectivity index (χ1v) is 9.99. The number of anilines is 1. The molecule has 0 unspecified atom stereocenters. The molecule has 1 saturated heterocycles. The molecular weight excluding hydrogens is 378 g/mol. The van der Waals surface area contributed by atoms with Crippen molar-refractivity contribution in [1.82, 2.24) is 14.9 Å². The lowest BCUT2D eigenvalue weighted by Gasteiger charge is -2.30. The first kappa shape index (κ1) is 20.1. The first-order chi connectivity index (χ1) is 13.2. The lowest BCUT2D eigenvalue weighted by molar-refractivity contribution is -0.122. The Morgan fingerprint density at radius 1 is 1.25 bits per heavy atom. The summed E-state index contributed by atoms with van der Waals surface area (Å²) in [7, 11) is 0. The minimum Gasteiger partial charge on any atom is -0.441 e. The number of hydrogen-bond donors (Lipinski definition) is 2. The van der Waals surface area contributed by atoms with Crippen LogP contribution < -0.4 is 11.1 Å². The number of hydrogen-bond acceptors (Lipinski definition) is 6. The molecule has 2 aromatic rings. The van der Waals surface area contributed by atoms with Crippen LogP contribution in [0.4, 0.5) is 9.93 Å². The van der Waals surface area contributed by atoms with E-state index < -0.39 is 0 Å². The average molecular weight is 404 g/mol. The van der Waals surface area contributed by atoms with Crippen LogP contribution in [0.25, 0.3) is 12.2 Å².